The number of carboxylic acid groups (broad SMARTS) is 1. The van der Waals surface area contributed by atoms with Gasteiger partial charge in [0.2, 0.25) is 0 Å². The maximum absolute atomic E-state index is 10.1. The number of nitrogens with two attached hydrogens (primary N) is 1. The quantitative estimate of drug-likeness (QED) is 0.573. The monoisotopic (exact) mass is 149 g/mol. The molecule has 3 nitrogen and oxygen atoms in total. The van der Waals surface area contributed by atoms with Crippen molar-refractivity contribution in [3.05, 3.63) is 0 Å². The average Bonchev–Trinajstić information content (AvgIpc) is 1.63. The Morgan fingerprint density at radius 1 is 1.67 bits per heavy atom. The van der Waals surface area contributed by atoms with E-state index >= 15 is 0 Å². The van der Waals surface area contributed by atoms with Crippen molar-refractivity contribution in [2.24, 2.45) is 5.73 Å². The molecule has 0 rings (SSSR count). The van der Waals surface area contributed by atoms with E-state index in [1.807, 2.05) is 13.8 Å². The maximum Gasteiger partial charge on any atom is 0.330 e. The minimum atomic E-state index is -0.950. The molecule has 0 spiro atoms. The van der Waals surface area contributed by atoms with Gasteiger partial charge in [0.05, 0.1) is 0 Å². The minimum absolute atomic E-state index is 0.274. The van der Waals surface area contributed by atoms with E-state index in [4.69, 9.17) is 10.8 Å². The molecular weight excluding hydrogens is 138 g/mol. The molecule has 0 aromatic rings. The van der Waals surface area contributed by atoms with E-state index in [2.05, 4.69) is 0 Å². The highest BCUT2D eigenvalue weighted by Crippen LogP contribution is 2.12. The predicted octanol–water partition coefficient (Wildman–Crippen LogP) is 0.497. The smallest absolute Gasteiger partial charge is 0.330 e. The summed E-state index contributed by atoms with van der Waals surface area (Å²) in [6, 6.07) is 0. The van der Waals surface area contributed by atoms with Crippen LogP contribution in [-0.2, 0) is 4.79 Å². The molecule has 0 aromatic carbocycles. The van der Waals surface area contributed by atoms with E-state index in [0.717, 1.165) is 0 Å². The third-order valence-corrected chi connectivity index (χ3v) is 1.70. The van der Waals surface area contributed by atoms with Gasteiger partial charge in [0.15, 0.2) is 5.37 Å². The first kappa shape index (κ1) is 8.78. The zero-order chi connectivity index (χ0) is 7.44. The summed E-state index contributed by atoms with van der Waals surface area (Å²) in [5.41, 5.74) is 5.18. The Balaban J connectivity index is 3.50. The van der Waals surface area contributed by atoms with Crippen molar-refractivity contribution in [2.75, 3.05) is 0 Å². The molecule has 0 aliphatic carbocycles. The molecule has 54 valence electrons. The Kier molecular flexibility index (Phi) is 3.65. The summed E-state index contributed by atoms with van der Waals surface area (Å²) in [4.78, 5) is 10.1. The molecule has 0 amide bonds. The third kappa shape index (κ3) is 4.29. The molecule has 3 N–H and O–H groups in total. The topological polar surface area (TPSA) is 63.3 Å². The Hall–Kier alpha value is -0.220. The van der Waals surface area contributed by atoms with Crippen LogP contribution < -0.4 is 5.73 Å². The molecular formula is C5H11NO2S. The van der Waals surface area contributed by atoms with Crippen molar-refractivity contribution in [1.29, 1.82) is 0 Å². The number of aliphatic carboxylic acids is 1. The first-order chi connectivity index (χ1) is 4.04. The molecule has 0 fully saturated rings. The van der Waals surface area contributed by atoms with E-state index in [1.165, 1.54) is 11.8 Å². The lowest BCUT2D eigenvalue weighted by Gasteiger charge is -2.07. The number of carboxylic acids is 1. The van der Waals surface area contributed by atoms with Gasteiger partial charge in [-0.2, -0.15) is 0 Å². The second-order valence-electron chi connectivity index (χ2n) is 1.94. The van der Waals surface area contributed by atoms with Crippen LogP contribution in [0.3, 0.4) is 0 Å². The van der Waals surface area contributed by atoms with Crippen molar-refractivity contribution < 1.29 is 9.90 Å². The summed E-state index contributed by atoms with van der Waals surface area (Å²) < 4.78 is 0. The molecule has 0 unspecified atom stereocenters. The van der Waals surface area contributed by atoms with Crippen LogP contribution in [0, 0.1) is 0 Å². The zero-order valence-corrected chi connectivity index (χ0v) is 6.31. The van der Waals surface area contributed by atoms with Gasteiger partial charge in [-0.25, -0.2) is 4.79 Å². The Morgan fingerprint density at radius 3 is 2.22 bits per heavy atom. The van der Waals surface area contributed by atoms with Crippen molar-refractivity contribution in [2.45, 2.75) is 24.5 Å². The summed E-state index contributed by atoms with van der Waals surface area (Å²) in [7, 11) is 0. The van der Waals surface area contributed by atoms with Crippen LogP contribution in [0.2, 0.25) is 0 Å². The van der Waals surface area contributed by atoms with Crippen molar-refractivity contribution >= 4 is 17.7 Å². The predicted molar refractivity (Wildman–Crippen MR) is 38.3 cm³/mol. The van der Waals surface area contributed by atoms with Crippen LogP contribution in [0.25, 0.3) is 0 Å². The fraction of sp³-hybridized carbons (Fsp3) is 0.800. The fourth-order valence-corrected chi connectivity index (χ4v) is 1.05. The lowest BCUT2D eigenvalue weighted by atomic mass is 10.6. The molecule has 0 aromatic heterocycles. The van der Waals surface area contributed by atoms with E-state index in [9.17, 15) is 4.79 Å². The lowest BCUT2D eigenvalue weighted by Crippen LogP contribution is -2.27. The molecule has 4 heteroatoms. The highest BCUT2D eigenvalue weighted by atomic mass is 32.2. The second kappa shape index (κ2) is 3.74. The van der Waals surface area contributed by atoms with E-state index in [0.29, 0.717) is 0 Å². The fourth-order valence-electron chi connectivity index (χ4n) is 0.351. The number of thioether (sulfide) groups is 1. The lowest BCUT2D eigenvalue weighted by molar-refractivity contribution is -0.136. The molecule has 0 aliphatic heterocycles. The van der Waals surface area contributed by atoms with E-state index in [-0.39, 0.29) is 5.25 Å². The second-order valence-corrected chi connectivity index (χ2v) is 3.67. The van der Waals surface area contributed by atoms with Crippen LogP contribution in [0.1, 0.15) is 13.8 Å². The van der Waals surface area contributed by atoms with Gasteiger partial charge >= 0.3 is 5.97 Å². The van der Waals surface area contributed by atoms with Crippen molar-refractivity contribution in [3.63, 3.8) is 0 Å². The Labute approximate surface area is 58.6 Å². The molecule has 0 heterocycles. The SMILES string of the molecule is CC(C)S[C@H](N)C(=O)O. The van der Waals surface area contributed by atoms with Gasteiger partial charge in [-0.05, 0) is 0 Å². The number of carbonyl (C=O) groups is 1. The Morgan fingerprint density at radius 2 is 2.11 bits per heavy atom. The minimum Gasteiger partial charge on any atom is -0.479 e. The van der Waals surface area contributed by atoms with Gasteiger partial charge in [0, 0.05) is 5.25 Å². The van der Waals surface area contributed by atoms with Crippen molar-refractivity contribution in [1.82, 2.24) is 0 Å². The molecule has 0 bridgehead atoms. The highest BCUT2D eigenvalue weighted by molar-refractivity contribution is 8.01. The van der Waals surface area contributed by atoms with E-state index in [1.54, 1.807) is 0 Å². The Bertz CT molecular complexity index is 105. The maximum atomic E-state index is 10.1. The largest absolute Gasteiger partial charge is 0.479 e. The number of rotatable bonds is 3. The van der Waals surface area contributed by atoms with Gasteiger partial charge in [0.1, 0.15) is 0 Å². The number of hydrogen-bond acceptors (Lipinski definition) is 3. The average molecular weight is 149 g/mol. The summed E-state index contributed by atoms with van der Waals surface area (Å²) in [5.74, 6) is -0.950. The standard InChI is InChI=1S/C5H11NO2S/c1-3(2)9-4(6)5(7)8/h3-4H,6H2,1-2H3,(H,7,8)/t4-/m0/s1. The summed E-state index contributed by atoms with van der Waals surface area (Å²) in [6.07, 6.45) is 0. The first-order valence-electron chi connectivity index (χ1n) is 2.68. The molecule has 0 radical (unpaired) electrons. The normalized spacial score (nSPS) is 13.8. The molecule has 0 aliphatic rings. The van der Waals surface area contributed by atoms with E-state index < -0.39 is 11.3 Å². The summed E-state index contributed by atoms with van der Waals surface area (Å²) in [6.45, 7) is 3.82. The first-order valence-corrected chi connectivity index (χ1v) is 3.62. The van der Waals surface area contributed by atoms with Crippen molar-refractivity contribution in [3.8, 4) is 0 Å². The van der Waals surface area contributed by atoms with Gasteiger partial charge in [0.25, 0.3) is 0 Å². The summed E-state index contributed by atoms with van der Waals surface area (Å²) in [5, 5.41) is 7.79. The van der Waals surface area contributed by atoms with Gasteiger partial charge in [-0.15, -0.1) is 11.8 Å². The zero-order valence-electron chi connectivity index (χ0n) is 5.50. The van der Waals surface area contributed by atoms with Gasteiger partial charge in [-0.3, -0.25) is 0 Å². The number of hydrogen-bond donors (Lipinski definition) is 2. The molecule has 1 atom stereocenters. The van der Waals surface area contributed by atoms with Gasteiger partial charge < -0.3 is 10.8 Å². The molecule has 9 heavy (non-hydrogen) atoms. The highest BCUT2D eigenvalue weighted by Gasteiger charge is 2.12. The van der Waals surface area contributed by atoms with Gasteiger partial charge in [-0.1, -0.05) is 13.8 Å². The summed E-state index contributed by atoms with van der Waals surface area (Å²) >= 11 is 1.24. The van der Waals surface area contributed by atoms with Crippen LogP contribution >= 0.6 is 11.8 Å². The molecule has 0 saturated heterocycles. The third-order valence-electron chi connectivity index (χ3n) is 0.662. The van der Waals surface area contributed by atoms with Crippen LogP contribution in [0.5, 0.6) is 0 Å². The van der Waals surface area contributed by atoms with Crippen LogP contribution in [0.15, 0.2) is 0 Å². The van der Waals surface area contributed by atoms with Crippen LogP contribution in [-0.4, -0.2) is 21.7 Å². The molecule has 0 saturated carbocycles. The van der Waals surface area contributed by atoms with Crippen LogP contribution in [0.4, 0.5) is 0 Å².